The topological polar surface area (TPSA) is 32.8 Å². The zero-order valence-electron chi connectivity index (χ0n) is 13.1. The van der Waals surface area contributed by atoms with E-state index in [9.17, 15) is 18.0 Å². The van der Waals surface area contributed by atoms with Crippen LogP contribution in [0.5, 0.6) is 5.75 Å². The zero-order chi connectivity index (χ0) is 17.2. The van der Waals surface area contributed by atoms with Crippen LogP contribution in [0, 0.1) is 0 Å². The minimum Gasteiger partial charge on any atom is -0.406 e. The van der Waals surface area contributed by atoms with E-state index in [0.29, 0.717) is 17.9 Å². The normalized spacial score (nSPS) is 22.4. The number of carbonyl (C=O) groups is 1. The SMILES string of the molecule is O=C1CSC(c2cccc(OC(F)(F)F)c2)N1CCN1CCCC1. The van der Waals surface area contributed by atoms with Gasteiger partial charge in [-0.05, 0) is 43.6 Å². The molecule has 2 fully saturated rings. The number of ether oxygens (including phenoxy) is 1. The second-order valence-corrected chi connectivity index (χ2v) is 6.99. The Labute approximate surface area is 142 Å². The molecule has 0 bridgehead atoms. The predicted octanol–water partition coefficient (Wildman–Crippen LogP) is 3.26. The van der Waals surface area contributed by atoms with Gasteiger partial charge >= 0.3 is 6.36 Å². The van der Waals surface area contributed by atoms with E-state index in [-0.39, 0.29) is 17.0 Å². The number of hydrogen-bond donors (Lipinski definition) is 0. The van der Waals surface area contributed by atoms with Gasteiger partial charge in [0, 0.05) is 13.1 Å². The van der Waals surface area contributed by atoms with Gasteiger partial charge in [-0.15, -0.1) is 24.9 Å². The van der Waals surface area contributed by atoms with Crippen LogP contribution in [0.3, 0.4) is 0 Å². The fourth-order valence-corrected chi connectivity index (χ4v) is 4.30. The van der Waals surface area contributed by atoms with Crippen LogP contribution in [0.15, 0.2) is 24.3 Å². The van der Waals surface area contributed by atoms with Gasteiger partial charge in [0.15, 0.2) is 0 Å². The lowest BCUT2D eigenvalue weighted by Crippen LogP contribution is -2.36. The van der Waals surface area contributed by atoms with Crippen LogP contribution in [-0.2, 0) is 4.79 Å². The maximum atomic E-state index is 12.4. The largest absolute Gasteiger partial charge is 0.573 e. The Kier molecular flexibility index (Phi) is 5.24. The predicted molar refractivity (Wildman–Crippen MR) is 85.7 cm³/mol. The van der Waals surface area contributed by atoms with Gasteiger partial charge in [-0.1, -0.05) is 12.1 Å². The number of amides is 1. The summed E-state index contributed by atoms with van der Waals surface area (Å²) in [5, 5.41) is -0.253. The van der Waals surface area contributed by atoms with Crippen LogP contribution in [0.4, 0.5) is 13.2 Å². The van der Waals surface area contributed by atoms with Crippen LogP contribution >= 0.6 is 11.8 Å². The molecule has 0 aromatic heterocycles. The lowest BCUT2D eigenvalue weighted by atomic mass is 10.2. The Bertz CT molecular complexity index is 591. The van der Waals surface area contributed by atoms with Crippen LogP contribution in [-0.4, -0.2) is 54.0 Å². The van der Waals surface area contributed by atoms with Crippen LogP contribution < -0.4 is 4.74 Å². The number of likely N-dealkylation sites (tertiary alicyclic amines) is 1. The van der Waals surface area contributed by atoms with Crippen molar-refractivity contribution in [2.75, 3.05) is 31.9 Å². The fraction of sp³-hybridized carbons (Fsp3) is 0.562. The molecule has 0 aliphatic carbocycles. The quantitative estimate of drug-likeness (QED) is 0.807. The molecule has 24 heavy (non-hydrogen) atoms. The van der Waals surface area contributed by atoms with Gasteiger partial charge in [-0.2, -0.15) is 0 Å². The van der Waals surface area contributed by atoms with Crippen LogP contribution in [0.25, 0.3) is 0 Å². The van der Waals surface area contributed by atoms with E-state index in [2.05, 4.69) is 9.64 Å². The van der Waals surface area contributed by atoms with Crippen molar-refractivity contribution in [3.63, 3.8) is 0 Å². The molecule has 1 atom stereocenters. The van der Waals surface area contributed by atoms with E-state index in [4.69, 9.17) is 0 Å². The molecule has 8 heteroatoms. The zero-order valence-corrected chi connectivity index (χ0v) is 13.9. The number of benzene rings is 1. The van der Waals surface area contributed by atoms with E-state index in [0.717, 1.165) is 19.6 Å². The molecule has 0 N–H and O–H groups in total. The van der Waals surface area contributed by atoms with Gasteiger partial charge in [-0.3, -0.25) is 4.79 Å². The molecule has 4 nitrogen and oxygen atoms in total. The average Bonchev–Trinajstić information content (AvgIpc) is 3.13. The molecule has 0 spiro atoms. The van der Waals surface area contributed by atoms with Crippen molar-refractivity contribution in [3.8, 4) is 5.75 Å². The van der Waals surface area contributed by atoms with E-state index in [1.807, 2.05) is 0 Å². The monoisotopic (exact) mass is 360 g/mol. The molecule has 132 valence electrons. The third kappa shape index (κ3) is 4.36. The Balaban J connectivity index is 1.69. The summed E-state index contributed by atoms with van der Waals surface area (Å²) in [5.74, 6) is 0.139. The van der Waals surface area contributed by atoms with Crippen molar-refractivity contribution in [2.45, 2.75) is 24.6 Å². The van der Waals surface area contributed by atoms with Crippen molar-refractivity contribution in [1.82, 2.24) is 9.80 Å². The molecule has 0 radical (unpaired) electrons. The number of carbonyl (C=O) groups excluding carboxylic acids is 1. The highest BCUT2D eigenvalue weighted by Crippen LogP contribution is 2.39. The third-order valence-electron chi connectivity index (χ3n) is 4.20. The number of rotatable bonds is 5. The molecule has 3 rings (SSSR count). The summed E-state index contributed by atoms with van der Waals surface area (Å²) in [4.78, 5) is 16.2. The standard InChI is InChI=1S/C16H19F3N2O2S/c17-16(18,19)23-13-5-3-4-12(10-13)15-21(14(22)11-24-15)9-8-20-6-1-2-7-20/h3-5,10,15H,1-2,6-9,11H2. The molecule has 1 aromatic rings. The highest BCUT2D eigenvalue weighted by molar-refractivity contribution is 8.00. The Morgan fingerprint density at radius 3 is 2.67 bits per heavy atom. The van der Waals surface area contributed by atoms with Crippen molar-refractivity contribution in [1.29, 1.82) is 0 Å². The Morgan fingerprint density at radius 1 is 1.21 bits per heavy atom. The summed E-state index contributed by atoms with van der Waals surface area (Å²) < 4.78 is 41.1. The van der Waals surface area contributed by atoms with E-state index in [1.165, 1.54) is 42.8 Å². The van der Waals surface area contributed by atoms with Gasteiger partial charge in [0.25, 0.3) is 0 Å². The minimum atomic E-state index is -4.72. The van der Waals surface area contributed by atoms with Crippen LogP contribution in [0.1, 0.15) is 23.8 Å². The summed E-state index contributed by atoms with van der Waals surface area (Å²) in [6.07, 6.45) is -2.35. The van der Waals surface area contributed by atoms with Crippen molar-refractivity contribution >= 4 is 17.7 Å². The van der Waals surface area contributed by atoms with Gasteiger partial charge in [0.1, 0.15) is 11.1 Å². The molecule has 1 amide bonds. The first-order valence-electron chi connectivity index (χ1n) is 7.91. The molecule has 2 aliphatic rings. The first-order valence-corrected chi connectivity index (χ1v) is 8.96. The van der Waals surface area contributed by atoms with Crippen molar-refractivity contribution in [2.24, 2.45) is 0 Å². The summed E-state index contributed by atoms with van der Waals surface area (Å²) in [5.41, 5.74) is 0.661. The summed E-state index contributed by atoms with van der Waals surface area (Å²) >= 11 is 1.44. The molecule has 2 heterocycles. The van der Waals surface area contributed by atoms with Gasteiger partial charge in [-0.25, -0.2) is 0 Å². The summed E-state index contributed by atoms with van der Waals surface area (Å²) in [7, 11) is 0. The highest BCUT2D eigenvalue weighted by atomic mass is 32.2. The fourth-order valence-electron chi connectivity index (χ4n) is 3.09. The van der Waals surface area contributed by atoms with Gasteiger partial charge < -0.3 is 14.5 Å². The number of hydrogen-bond acceptors (Lipinski definition) is 4. The van der Waals surface area contributed by atoms with E-state index in [1.54, 1.807) is 11.0 Å². The molecule has 0 saturated carbocycles. The Hall–Kier alpha value is -1.41. The molecule has 2 saturated heterocycles. The first kappa shape index (κ1) is 17.4. The van der Waals surface area contributed by atoms with Gasteiger partial charge in [0.05, 0.1) is 5.75 Å². The highest BCUT2D eigenvalue weighted by Gasteiger charge is 2.34. The Morgan fingerprint density at radius 2 is 1.96 bits per heavy atom. The minimum absolute atomic E-state index is 0.0336. The number of alkyl halides is 3. The molecule has 1 unspecified atom stereocenters. The van der Waals surface area contributed by atoms with Crippen LogP contribution in [0.2, 0.25) is 0 Å². The maximum Gasteiger partial charge on any atom is 0.573 e. The molecule has 1 aromatic carbocycles. The second kappa shape index (κ2) is 7.23. The third-order valence-corrected chi connectivity index (χ3v) is 5.46. The second-order valence-electron chi connectivity index (χ2n) is 5.92. The molecule has 2 aliphatic heterocycles. The maximum absolute atomic E-state index is 12.4. The van der Waals surface area contributed by atoms with E-state index < -0.39 is 6.36 Å². The van der Waals surface area contributed by atoms with E-state index >= 15 is 0 Å². The number of thioether (sulfide) groups is 1. The molecular weight excluding hydrogens is 341 g/mol. The first-order chi connectivity index (χ1) is 11.4. The van der Waals surface area contributed by atoms with Gasteiger partial charge in [0.2, 0.25) is 5.91 Å². The lowest BCUT2D eigenvalue weighted by Gasteiger charge is -2.27. The summed E-state index contributed by atoms with van der Waals surface area (Å²) in [6, 6.07) is 5.90. The smallest absolute Gasteiger partial charge is 0.406 e. The van der Waals surface area contributed by atoms with Crippen molar-refractivity contribution < 1.29 is 22.7 Å². The lowest BCUT2D eigenvalue weighted by molar-refractivity contribution is -0.274. The summed E-state index contributed by atoms with van der Waals surface area (Å²) in [6.45, 7) is 3.51. The van der Waals surface area contributed by atoms with Crippen molar-refractivity contribution in [3.05, 3.63) is 29.8 Å². The number of halogens is 3. The average molecular weight is 360 g/mol. The number of nitrogens with zero attached hydrogens (tertiary/aromatic N) is 2. The molecular formula is C16H19F3N2O2S.